The Hall–Kier alpha value is -1.59. The molecule has 1 unspecified atom stereocenters. The van der Waals surface area contributed by atoms with E-state index in [2.05, 4.69) is 4.98 Å². The van der Waals surface area contributed by atoms with Crippen molar-refractivity contribution in [1.29, 1.82) is 0 Å². The van der Waals surface area contributed by atoms with E-state index in [1.807, 2.05) is 31.4 Å². The molecule has 1 aromatic carbocycles. The monoisotopic (exact) mass is 262 g/mol. The Balaban J connectivity index is 2.05. The highest BCUT2D eigenvalue weighted by molar-refractivity contribution is 7.13. The summed E-state index contributed by atoms with van der Waals surface area (Å²) in [5.41, 5.74) is 8.97. The molecule has 2 N–H and O–H groups in total. The fourth-order valence-corrected chi connectivity index (χ4v) is 2.90. The van der Waals surface area contributed by atoms with Crippen molar-refractivity contribution in [2.45, 2.75) is 19.9 Å². The molecule has 1 atom stereocenters. The number of nitrogens with zero attached hydrogens (tertiary/aromatic N) is 1. The molecule has 0 fully saturated rings. The predicted octanol–water partition coefficient (Wildman–Crippen LogP) is 2.87. The van der Waals surface area contributed by atoms with E-state index in [4.69, 9.17) is 15.2 Å². The highest BCUT2D eigenvalue weighted by atomic mass is 32.1. The van der Waals surface area contributed by atoms with E-state index in [1.54, 1.807) is 11.3 Å². The average Bonchev–Trinajstić information content (AvgIpc) is 2.94. The van der Waals surface area contributed by atoms with Gasteiger partial charge >= 0.3 is 0 Å². The normalized spacial score (nSPS) is 14.8. The first-order valence-corrected chi connectivity index (χ1v) is 6.65. The van der Waals surface area contributed by atoms with Gasteiger partial charge in [-0.25, -0.2) is 4.98 Å². The van der Waals surface area contributed by atoms with Gasteiger partial charge in [-0.05, 0) is 31.5 Å². The van der Waals surface area contributed by atoms with Gasteiger partial charge in [0.15, 0.2) is 11.5 Å². The molecule has 0 amide bonds. The van der Waals surface area contributed by atoms with Gasteiger partial charge in [0.2, 0.25) is 6.79 Å². The second kappa shape index (κ2) is 4.26. The first kappa shape index (κ1) is 11.5. The molecule has 2 heterocycles. The van der Waals surface area contributed by atoms with Crippen LogP contribution in [0, 0.1) is 6.92 Å². The number of ether oxygens (including phenoxy) is 2. The highest BCUT2D eigenvalue weighted by Gasteiger charge is 2.18. The van der Waals surface area contributed by atoms with Gasteiger partial charge in [-0.1, -0.05) is 0 Å². The maximum Gasteiger partial charge on any atom is 0.231 e. The highest BCUT2D eigenvalue weighted by Crippen LogP contribution is 2.39. The number of aryl methyl sites for hydroxylation is 1. The van der Waals surface area contributed by atoms with Crippen LogP contribution in [-0.4, -0.2) is 11.8 Å². The summed E-state index contributed by atoms with van der Waals surface area (Å²) >= 11 is 1.60. The summed E-state index contributed by atoms with van der Waals surface area (Å²) in [7, 11) is 0. The Morgan fingerprint density at radius 3 is 2.72 bits per heavy atom. The first-order valence-electron chi connectivity index (χ1n) is 5.77. The van der Waals surface area contributed by atoms with Crippen LogP contribution in [-0.2, 0) is 0 Å². The molecule has 0 spiro atoms. The number of hydrogen-bond acceptors (Lipinski definition) is 5. The van der Waals surface area contributed by atoms with Crippen LogP contribution in [0.1, 0.15) is 24.2 Å². The molecule has 94 valence electrons. The van der Waals surface area contributed by atoms with Gasteiger partial charge in [0.25, 0.3) is 0 Å². The van der Waals surface area contributed by atoms with Crippen molar-refractivity contribution in [2.75, 3.05) is 6.79 Å². The third-order valence-corrected chi connectivity index (χ3v) is 3.83. The molecule has 0 aliphatic carbocycles. The van der Waals surface area contributed by atoms with E-state index < -0.39 is 0 Å². The van der Waals surface area contributed by atoms with Gasteiger partial charge in [0.1, 0.15) is 5.01 Å². The molecule has 0 radical (unpaired) electrons. The van der Waals surface area contributed by atoms with Crippen molar-refractivity contribution >= 4 is 11.3 Å². The first-order chi connectivity index (χ1) is 8.65. The second-order valence-electron chi connectivity index (χ2n) is 4.39. The lowest BCUT2D eigenvalue weighted by Gasteiger charge is -2.04. The smallest absolute Gasteiger partial charge is 0.231 e. The van der Waals surface area contributed by atoms with Crippen LogP contribution < -0.4 is 15.2 Å². The van der Waals surface area contributed by atoms with Gasteiger partial charge in [0.05, 0.1) is 5.69 Å². The molecule has 2 aromatic rings. The van der Waals surface area contributed by atoms with Crippen molar-refractivity contribution in [3.63, 3.8) is 0 Å². The maximum atomic E-state index is 5.83. The minimum absolute atomic E-state index is 0.0377. The number of rotatable bonds is 2. The van der Waals surface area contributed by atoms with Crippen molar-refractivity contribution < 1.29 is 9.47 Å². The quantitative estimate of drug-likeness (QED) is 0.904. The zero-order valence-corrected chi connectivity index (χ0v) is 11.1. The van der Waals surface area contributed by atoms with E-state index in [1.165, 1.54) is 0 Å². The van der Waals surface area contributed by atoms with Gasteiger partial charge in [0, 0.05) is 17.0 Å². The van der Waals surface area contributed by atoms with Crippen LogP contribution in [0.4, 0.5) is 0 Å². The molecule has 4 nitrogen and oxygen atoms in total. The maximum absolute atomic E-state index is 5.83. The Kier molecular flexibility index (Phi) is 2.72. The van der Waals surface area contributed by atoms with Gasteiger partial charge in [-0.2, -0.15) is 0 Å². The third-order valence-electron chi connectivity index (χ3n) is 2.94. The molecule has 0 saturated carbocycles. The molecular formula is C13H14N2O2S. The van der Waals surface area contributed by atoms with Gasteiger partial charge in [-0.3, -0.25) is 0 Å². The predicted molar refractivity (Wildman–Crippen MR) is 71.0 cm³/mol. The lowest BCUT2D eigenvalue weighted by atomic mass is 10.1. The van der Waals surface area contributed by atoms with Crippen molar-refractivity contribution in [3.05, 3.63) is 28.8 Å². The fourth-order valence-electron chi connectivity index (χ4n) is 1.89. The number of aromatic nitrogens is 1. The van der Waals surface area contributed by atoms with Crippen LogP contribution in [0.25, 0.3) is 10.6 Å². The average molecular weight is 262 g/mol. The minimum Gasteiger partial charge on any atom is -0.454 e. The lowest BCUT2D eigenvalue weighted by Crippen LogP contribution is -2.04. The number of thiazole rings is 1. The van der Waals surface area contributed by atoms with E-state index in [-0.39, 0.29) is 6.04 Å². The number of fused-ring (bicyclic) bond motifs is 1. The summed E-state index contributed by atoms with van der Waals surface area (Å²) in [6.07, 6.45) is 0. The zero-order valence-electron chi connectivity index (χ0n) is 10.3. The van der Waals surface area contributed by atoms with Crippen molar-refractivity contribution in [3.8, 4) is 22.1 Å². The molecule has 5 heteroatoms. The molecule has 3 rings (SSSR count). The minimum atomic E-state index is -0.0377. The van der Waals surface area contributed by atoms with E-state index in [0.29, 0.717) is 6.79 Å². The fraction of sp³-hybridized carbons (Fsp3) is 0.308. The summed E-state index contributed by atoms with van der Waals surface area (Å²) in [5.74, 6) is 1.59. The van der Waals surface area contributed by atoms with Crippen LogP contribution >= 0.6 is 11.3 Å². The molecule has 0 bridgehead atoms. The Morgan fingerprint density at radius 2 is 2.06 bits per heavy atom. The van der Waals surface area contributed by atoms with E-state index >= 15 is 0 Å². The zero-order chi connectivity index (χ0) is 12.7. The summed E-state index contributed by atoms with van der Waals surface area (Å²) in [4.78, 5) is 4.56. The third kappa shape index (κ3) is 1.85. The summed E-state index contributed by atoms with van der Waals surface area (Å²) < 4.78 is 10.8. The van der Waals surface area contributed by atoms with Gasteiger partial charge < -0.3 is 15.2 Å². The summed E-state index contributed by atoms with van der Waals surface area (Å²) in [5, 5.41) is 2.97. The molecular weight excluding hydrogens is 248 g/mol. The molecule has 1 aliphatic heterocycles. The van der Waals surface area contributed by atoms with Crippen molar-refractivity contribution in [1.82, 2.24) is 4.98 Å². The van der Waals surface area contributed by atoms with E-state index in [9.17, 15) is 0 Å². The SMILES string of the molecule is Cc1cc2c(cc1-c1nc(C(C)N)cs1)OCO2. The van der Waals surface area contributed by atoms with Crippen molar-refractivity contribution in [2.24, 2.45) is 5.73 Å². The van der Waals surface area contributed by atoms with Gasteiger partial charge in [-0.15, -0.1) is 11.3 Å². The van der Waals surface area contributed by atoms with Crippen LogP contribution in [0.2, 0.25) is 0 Å². The summed E-state index contributed by atoms with van der Waals surface area (Å²) in [6, 6.07) is 3.94. The standard InChI is InChI=1S/C13H14N2O2S/c1-7-3-11-12(17-6-16-11)4-9(7)13-15-10(5-18-13)8(2)14/h3-5,8H,6,14H2,1-2H3. The van der Waals surface area contributed by atoms with Crippen LogP contribution in [0.5, 0.6) is 11.5 Å². The lowest BCUT2D eigenvalue weighted by molar-refractivity contribution is 0.174. The second-order valence-corrected chi connectivity index (χ2v) is 5.24. The Bertz CT molecular complexity index is 593. The molecule has 1 aliphatic rings. The number of benzene rings is 1. The molecule has 18 heavy (non-hydrogen) atoms. The summed E-state index contributed by atoms with van der Waals surface area (Å²) in [6.45, 7) is 4.27. The topological polar surface area (TPSA) is 57.4 Å². The largest absolute Gasteiger partial charge is 0.454 e. The number of nitrogens with two attached hydrogens (primary N) is 1. The molecule has 0 saturated heterocycles. The van der Waals surface area contributed by atoms with E-state index in [0.717, 1.165) is 33.3 Å². The molecule has 1 aromatic heterocycles. The Morgan fingerprint density at radius 1 is 1.33 bits per heavy atom. The number of hydrogen-bond donors (Lipinski definition) is 1. The Labute approximate surface area is 109 Å². The van der Waals surface area contributed by atoms with Crippen LogP contribution in [0.3, 0.4) is 0 Å². The van der Waals surface area contributed by atoms with Crippen LogP contribution in [0.15, 0.2) is 17.5 Å².